The van der Waals surface area contributed by atoms with Crippen molar-refractivity contribution in [1.29, 1.82) is 0 Å². The summed E-state index contributed by atoms with van der Waals surface area (Å²) in [5, 5.41) is 3.38. The SMILES string of the molecule is CCc1ccc(Nc2cc(N(C)CCc3ccncc3)nc(C)n2)cc1. The molecule has 0 aliphatic rings. The van der Waals surface area contributed by atoms with Gasteiger partial charge in [-0.25, -0.2) is 9.97 Å². The minimum Gasteiger partial charge on any atom is -0.359 e. The largest absolute Gasteiger partial charge is 0.359 e. The zero-order valence-electron chi connectivity index (χ0n) is 15.6. The summed E-state index contributed by atoms with van der Waals surface area (Å²) in [6.07, 6.45) is 5.65. The highest BCUT2D eigenvalue weighted by molar-refractivity contribution is 5.60. The number of aryl methyl sites for hydroxylation is 2. The van der Waals surface area contributed by atoms with E-state index in [1.165, 1.54) is 11.1 Å². The Hall–Kier alpha value is -2.95. The normalized spacial score (nSPS) is 10.6. The number of pyridine rings is 1. The quantitative estimate of drug-likeness (QED) is 0.695. The van der Waals surface area contributed by atoms with Crippen LogP contribution in [0.1, 0.15) is 23.9 Å². The summed E-state index contributed by atoms with van der Waals surface area (Å²) in [7, 11) is 2.06. The lowest BCUT2D eigenvalue weighted by Crippen LogP contribution is -2.22. The van der Waals surface area contributed by atoms with E-state index < -0.39 is 0 Å². The summed E-state index contributed by atoms with van der Waals surface area (Å²) in [5.74, 6) is 2.48. The van der Waals surface area contributed by atoms with Gasteiger partial charge < -0.3 is 10.2 Å². The van der Waals surface area contributed by atoms with Gasteiger partial charge >= 0.3 is 0 Å². The fraction of sp³-hybridized carbons (Fsp3) is 0.286. The number of rotatable bonds is 7. The van der Waals surface area contributed by atoms with E-state index in [1.54, 1.807) is 0 Å². The molecule has 0 unspecified atom stereocenters. The van der Waals surface area contributed by atoms with E-state index in [2.05, 4.69) is 63.4 Å². The highest BCUT2D eigenvalue weighted by atomic mass is 15.2. The lowest BCUT2D eigenvalue weighted by molar-refractivity contribution is 0.848. The van der Waals surface area contributed by atoms with Crippen molar-refractivity contribution >= 4 is 17.3 Å². The molecule has 2 heterocycles. The summed E-state index contributed by atoms with van der Waals surface area (Å²) in [5.41, 5.74) is 3.63. The topological polar surface area (TPSA) is 53.9 Å². The van der Waals surface area contributed by atoms with E-state index in [4.69, 9.17) is 0 Å². The van der Waals surface area contributed by atoms with Gasteiger partial charge in [0, 0.05) is 37.7 Å². The number of likely N-dealkylation sites (N-methyl/N-ethyl adjacent to an activating group) is 1. The van der Waals surface area contributed by atoms with E-state index in [0.717, 1.165) is 42.5 Å². The van der Waals surface area contributed by atoms with Gasteiger partial charge in [-0.15, -0.1) is 0 Å². The molecule has 134 valence electrons. The lowest BCUT2D eigenvalue weighted by Gasteiger charge is -2.19. The van der Waals surface area contributed by atoms with Gasteiger partial charge in [0.2, 0.25) is 0 Å². The highest BCUT2D eigenvalue weighted by Crippen LogP contribution is 2.20. The predicted octanol–water partition coefficient (Wildman–Crippen LogP) is 4.16. The number of benzene rings is 1. The molecule has 0 saturated heterocycles. The molecule has 3 aromatic rings. The van der Waals surface area contributed by atoms with Crippen LogP contribution in [0.5, 0.6) is 0 Å². The second kappa shape index (κ2) is 8.43. The first-order chi connectivity index (χ1) is 12.6. The van der Waals surface area contributed by atoms with Crippen molar-refractivity contribution in [2.75, 3.05) is 23.8 Å². The molecule has 0 aliphatic heterocycles. The van der Waals surface area contributed by atoms with E-state index in [1.807, 2.05) is 37.5 Å². The van der Waals surface area contributed by atoms with Crippen LogP contribution in [-0.2, 0) is 12.8 Å². The number of hydrogen-bond donors (Lipinski definition) is 1. The fourth-order valence-corrected chi connectivity index (χ4v) is 2.74. The smallest absolute Gasteiger partial charge is 0.136 e. The molecule has 3 rings (SSSR count). The molecular formula is C21H25N5. The fourth-order valence-electron chi connectivity index (χ4n) is 2.74. The Balaban J connectivity index is 1.69. The van der Waals surface area contributed by atoms with Crippen LogP contribution in [0.3, 0.4) is 0 Å². The molecule has 0 saturated carbocycles. The third-order valence-electron chi connectivity index (χ3n) is 4.34. The molecule has 0 aliphatic carbocycles. The summed E-state index contributed by atoms with van der Waals surface area (Å²) in [4.78, 5) is 15.3. The monoisotopic (exact) mass is 347 g/mol. The van der Waals surface area contributed by atoms with E-state index >= 15 is 0 Å². The van der Waals surface area contributed by atoms with Crippen LogP contribution < -0.4 is 10.2 Å². The summed E-state index contributed by atoms with van der Waals surface area (Å²) in [6, 6.07) is 14.5. The van der Waals surface area contributed by atoms with Gasteiger partial charge in [-0.05, 0) is 55.2 Å². The van der Waals surface area contributed by atoms with Crippen molar-refractivity contribution in [2.24, 2.45) is 0 Å². The Labute approximate surface area is 155 Å². The zero-order valence-corrected chi connectivity index (χ0v) is 15.6. The molecule has 1 N–H and O–H groups in total. The number of anilines is 3. The van der Waals surface area contributed by atoms with Crippen LogP contribution in [0, 0.1) is 6.92 Å². The Kier molecular flexibility index (Phi) is 5.79. The Morgan fingerprint density at radius 1 is 0.962 bits per heavy atom. The van der Waals surface area contributed by atoms with Crippen LogP contribution in [0.25, 0.3) is 0 Å². The van der Waals surface area contributed by atoms with Crippen LogP contribution in [-0.4, -0.2) is 28.5 Å². The molecule has 0 radical (unpaired) electrons. The molecular weight excluding hydrogens is 322 g/mol. The second-order valence-corrected chi connectivity index (χ2v) is 6.36. The summed E-state index contributed by atoms with van der Waals surface area (Å²) >= 11 is 0. The van der Waals surface area contributed by atoms with Gasteiger partial charge in [0.15, 0.2) is 0 Å². The highest BCUT2D eigenvalue weighted by Gasteiger charge is 2.07. The maximum Gasteiger partial charge on any atom is 0.136 e. The molecule has 0 atom stereocenters. The maximum absolute atomic E-state index is 4.58. The zero-order chi connectivity index (χ0) is 18.4. The van der Waals surface area contributed by atoms with E-state index in [-0.39, 0.29) is 0 Å². The number of nitrogens with one attached hydrogen (secondary N) is 1. The number of nitrogens with zero attached hydrogens (tertiary/aromatic N) is 4. The molecule has 0 spiro atoms. The number of aromatic nitrogens is 3. The Bertz CT molecular complexity index is 831. The van der Waals surface area contributed by atoms with Gasteiger partial charge in [-0.2, -0.15) is 0 Å². The van der Waals surface area contributed by atoms with Gasteiger partial charge in [0.1, 0.15) is 17.5 Å². The molecule has 0 amide bonds. The predicted molar refractivity (Wildman–Crippen MR) is 107 cm³/mol. The van der Waals surface area contributed by atoms with Crippen molar-refractivity contribution in [3.63, 3.8) is 0 Å². The van der Waals surface area contributed by atoms with Crippen LogP contribution >= 0.6 is 0 Å². The van der Waals surface area contributed by atoms with Crippen LogP contribution in [0.4, 0.5) is 17.3 Å². The standard InChI is InChI=1S/C21H25N5/c1-4-17-5-7-19(8-6-17)25-20-15-21(24-16(2)23-20)26(3)14-11-18-9-12-22-13-10-18/h5-10,12-13,15H,4,11,14H2,1-3H3,(H,23,24,25). The van der Waals surface area contributed by atoms with Gasteiger partial charge in [0.05, 0.1) is 0 Å². The van der Waals surface area contributed by atoms with E-state index in [0.29, 0.717) is 0 Å². The van der Waals surface area contributed by atoms with Crippen molar-refractivity contribution in [2.45, 2.75) is 26.7 Å². The molecule has 26 heavy (non-hydrogen) atoms. The molecule has 0 fully saturated rings. The first-order valence-corrected chi connectivity index (χ1v) is 8.95. The third-order valence-corrected chi connectivity index (χ3v) is 4.34. The average Bonchev–Trinajstić information content (AvgIpc) is 2.67. The average molecular weight is 347 g/mol. The second-order valence-electron chi connectivity index (χ2n) is 6.36. The van der Waals surface area contributed by atoms with Gasteiger partial charge in [0.25, 0.3) is 0 Å². The van der Waals surface area contributed by atoms with Crippen molar-refractivity contribution in [1.82, 2.24) is 15.0 Å². The van der Waals surface area contributed by atoms with E-state index in [9.17, 15) is 0 Å². The number of hydrogen-bond acceptors (Lipinski definition) is 5. The minimum absolute atomic E-state index is 0.755. The Morgan fingerprint density at radius 3 is 2.38 bits per heavy atom. The van der Waals surface area contributed by atoms with Crippen molar-refractivity contribution in [3.8, 4) is 0 Å². The Morgan fingerprint density at radius 2 is 1.69 bits per heavy atom. The van der Waals surface area contributed by atoms with Crippen LogP contribution in [0.15, 0.2) is 54.9 Å². The first-order valence-electron chi connectivity index (χ1n) is 8.95. The summed E-state index contributed by atoms with van der Waals surface area (Å²) < 4.78 is 0. The van der Waals surface area contributed by atoms with Crippen molar-refractivity contribution < 1.29 is 0 Å². The molecule has 1 aromatic carbocycles. The minimum atomic E-state index is 0.755. The third kappa shape index (κ3) is 4.79. The molecule has 5 heteroatoms. The van der Waals surface area contributed by atoms with Gasteiger partial charge in [-0.1, -0.05) is 19.1 Å². The molecule has 2 aromatic heterocycles. The molecule has 5 nitrogen and oxygen atoms in total. The first kappa shape index (κ1) is 17.9. The van der Waals surface area contributed by atoms with Gasteiger partial charge in [-0.3, -0.25) is 4.98 Å². The van der Waals surface area contributed by atoms with Crippen molar-refractivity contribution in [3.05, 3.63) is 71.8 Å². The molecule has 0 bridgehead atoms. The van der Waals surface area contributed by atoms with Crippen LogP contribution in [0.2, 0.25) is 0 Å². The maximum atomic E-state index is 4.58. The summed E-state index contributed by atoms with van der Waals surface area (Å²) in [6.45, 7) is 4.96. The lowest BCUT2D eigenvalue weighted by atomic mass is 10.1.